The van der Waals surface area contributed by atoms with E-state index in [1.54, 1.807) is 4.90 Å². The molecule has 0 aromatic heterocycles. The van der Waals surface area contributed by atoms with Gasteiger partial charge >= 0.3 is 0 Å². The van der Waals surface area contributed by atoms with Crippen molar-refractivity contribution in [3.8, 4) is 11.5 Å². The first-order valence-corrected chi connectivity index (χ1v) is 10.6. The van der Waals surface area contributed by atoms with Gasteiger partial charge in [0.15, 0.2) is 18.0 Å². The van der Waals surface area contributed by atoms with Crippen molar-refractivity contribution in [3.63, 3.8) is 0 Å². The van der Waals surface area contributed by atoms with E-state index in [2.05, 4.69) is 17.4 Å². The van der Waals surface area contributed by atoms with Crippen molar-refractivity contribution < 1.29 is 24.0 Å². The van der Waals surface area contributed by atoms with Crippen LogP contribution in [0.4, 0.5) is 11.4 Å². The van der Waals surface area contributed by atoms with Crippen LogP contribution in [0.25, 0.3) is 0 Å². The number of benzene rings is 2. The molecule has 0 aliphatic carbocycles. The number of hydrogen-bond donors (Lipinski definition) is 2. The molecule has 5 rings (SSSR count). The van der Waals surface area contributed by atoms with Crippen molar-refractivity contribution in [2.24, 2.45) is 0 Å². The number of carbonyl (C=O) groups is 2. The lowest BCUT2D eigenvalue weighted by Gasteiger charge is -2.30. The largest absolute Gasteiger partial charge is 0.490 e. The number of anilines is 2. The molecule has 2 aromatic carbocycles. The Morgan fingerprint density at radius 1 is 1.10 bits per heavy atom. The Hall–Kier alpha value is -3.06. The van der Waals surface area contributed by atoms with Gasteiger partial charge in [0.05, 0.1) is 31.1 Å². The standard InChI is InChI=1S/C23H25N3O4/c27-22-14-26(19-6-2-1-5-17(19)24-22)23(28)15-25-10-3-7-18(25)16-8-9-20-21(13-16)30-12-4-11-29-20/h1-2,5-6,8-9,13,18H,3-4,7,10-12,14-15H2,(H,24,27)/p+1/t18-/m0/s1. The smallest absolute Gasteiger partial charge is 0.282 e. The lowest BCUT2D eigenvalue weighted by molar-refractivity contribution is -0.910. The number of nitrogens with one attached hydrogen (secondary N) is 2. The second kappa shape index (κ2) is 7.99. The Bertz CT molecular complexity index is 977. The molecule has 2 N–H and O–H groups in total. The van der Waals surface area contributed by atoms with Gasteiger partial charge in [0.2, 0.25) is 5.91 Å². The van der Waals surface area contributed by atoms with Crippen LogP contribution in [0.15, 0.2) is 42.5 Å². The van der Waals surface area contributed by atoms with E-state index in [1.807, 2.05) is 30.3 Å². The van der Waals surface area contributed by atoms with E-state index >= 15 is 0 Å². The summed E-state index contributed by atoms with van der Waals surface area (Å²) in [6.07, 6.45) is 2.97. The molecule has 2 aromatic rings. The van der Waals surface area contributed by atoms with Crippen molar-refractivity contribution in [1.82, 2.24) is 0 Å². The maximum atomic E-state index is 13.2. The fraction of sp³-hybridized carbons (Fsp3) is 0.391. The number of carbonyl (C=O) groups excluding carboxylic acids is 2. The van der Waals surface area contributed by atoms with Crippen LogP contribution < -0.4 is 24.6 Å². The third kappa shape index (κ3) is 3.61. The van der Waals surface area contributed by atoms with Crippen LogP contribution in [-0.2, 0) is 9.59 Å². The van der Waals surface area contributed by atoms with Crippen LogP contribution in [0.1, 0.15) is 30.9 Å². The summed E-state index contributed by atoms with van der Waals surface area (Å²) < 4.78 is 11.6. The molecule has 2 amide bonds. The molecular formula is C23H26N3O4+. The number of para-hydroxylation sites is 2. The minimum atomic E-state index is -0.155. The van der Waals surface area contributed by atoms with E-state index in [9.17, 15) is 9.59 Å². The van der Waals surface area contributed by atoms with Crippen LogP contribution in [0.3, 0.4) is 0 Å². The fourth-order valence-electron chi connectivity index (χ4n) is 4.67. The predicted octanol–water partition coefficient (Wildman–Crippen LogP) is 1.55. The van der Waals surface area contributed by atoms with Gasteiger partial charge in [0, 0.05) is 24.8 Å². The number of nitrogens with zero attached hydrogens (tertiary/aromatic N) is 1. The first-order chi connectivity index (χ1) is 14.7. The fourth-order valence-corrected chi connectivity index (χ4v) is 4.67. The Kier molecular flexibility index (Phi) is 5.04. The maximum Gasteiger partial charge on any atom is 0.282 e. The van der Waals surface area contributed by atoms with E-state index in [0.29, 0.717) is 25.4 Å². The van der Waals surface area contributed by atoms with Crippen molar-refractivity contribution in [3.05, 3.63) is 48.0 Å². The van der Waals surface area contributed by atoms with Crippen LogP contribution in [0, 0.1) is 0 Å². The molecule has 3 aliphatic heterocycles. The first-order valence-electron chi connectivity index (χ1n) is 10.6. The number of amides is 2. The molecule has 1 fully saturated rings. The Morgan fingerprint density at radius 3 is 2.83 bits per heavy atom. The summed E-state index contributed by atoms with van der Waals surface area (Å²) in [4.78, 5) is 28.1. The van der Waals surface area contributed by atoms with E-state index in [0.717, 1.165) is 43.0 Å². The Morgan fingerprint density at radius 2 is 1.93 bits per heavy atom. The summed E-state index contributed by atoms with van der Waals surface area (Å²) in [6, 6.07) is 13.9. The predicted molar refractivity (Wildman–Crippen MR) is 112 cm³/mol. The average molecular weight is 408 g/mol. The zero-order valence-corrected chi connectivity index (χ0v) is 16.9. The number of quaternary nitrogens is 1. The normalized spacial score (nSPS) is 22.8. The maximum absolute atomic E-state index is 13.2. The third-order valence-corrected chi connectivity index (χ3v) is 6.11. The van der Waals surface area contributed by atoms with Crippen LogP contribution in [0.2, 0.25) is 0 Å². The SMILES string of the molecule is O=C1CN(C(=O)C[NH+]2CCC[C@H]2c2ccc3c(c2)OCCCO3)c2ccccc2N1. The summed E-state index contributed by atoms with van der Waals surface area (Å²) in [7, 11) is 0. The van der Waals surface area contributed by atoms with Crippen LogP contribution in [-0.4, -0.2) is 44.7 Å². The zero-order chi connectivity index (χ0) is 20.5. The van der Waals surface area contributed by atoms with E-state index in [1.165, 1.54) is 10.5 Å². The van der Waals surface area contributed by atoms with Gasteiger partial charge in [-0.05, 0) is 30.3 Å². The number of fused-ring (bicyclic) bond motifs is 2. The summed E-state index contributed by atoms with van der Waals surface area (Å²) >= 11 is 0. The van der Waals surface area contributed by atoms with Gasteiger partial charge in [-0.2, -0.15) is 0 Å². The van der Waals surface area contributed by atoms with Crippen LogP contribution >= 0.6 is 0 Å². The molecule has 1 unspecified atom stereocenters. The van der Waals surface area contributed by atoms with E-state index < -0.39 is 0 Å². The van der Waals surface area contributed by atoms with E-state index in [4.69, 9.17) is 9.47 Å². The highest BCUT2D eigenvalue weighted by Crippen LogP contribution is 2.33. The van der Waals surface area contributed by atoms with Gasteiger partial charge in [0.25, 0.3) is 5.91 Å². The van der Waals surface area contributed by atoms with Gasteiger partial charge < -0.3 is 19.7 Å². The molecule has 156 valence electrons. The number of hydrogen-bond acceptors (Lipinski definition) is 4. The van der Waals surface area contributed by atoms with E-state index in [-0.39, 0.29) is 24.4 Å². The highest BCUT2D eigenvalue weighted by molar-refractivity contribution is 6.10. The molecule has 0 spiro atoms. The minimum Gasteiger partial charge on any atom is -0.490 e. The zero-order valence-electron chi connectivity index (χ0n) is 16.9. The monoisotopic (exact) mass is 408 g/mol. The number of rotatable bonds is 3. The quantitative estimate of drug-likeness (QED) is 0.809. The van der Waals surface area contributed by atoms with Gasteiger partial charge in [-0.15, -0.1) is 0 Å². The molecule has 3 aliphatic rings. The van der Waals surface area contributed by atoms with Crippen LogP contribution in [0.5, 0.6) is 11.5 Å². The topological polar surface area (TPSA) is 72.3 Å². The van der Waals surface area contributed by atoms with Crippen molar-refractivity contribution >= 4 is 23.2 Å². The summed E-state index contributed by atoms with van der Waals surface area (Å²) in [5.74, 6) is 1.42. The molecule has 3 heterocycles. The van der Waals surface area contributed by atoms with Crippen molar-refractivity contribution in [2.45, 2.75) is 25.3 Å². The van der Waals surface area contributed by atoms with Gasteiger partial charge in [-0.3, -0.25) is 14.5 Å². The highest BCUT2D eigenvalue weighted by atomic mass is 16.5. The van der Waals surface area contributed by atoms with Crippen molar-refractivity contribution in [1.29, 1.82) is 0 Å². The molecule has 0 saturated carbocycles. The Labute approximate surface area is 175 Å². The lowest BCUT2D eigenvalue weighted by atomic mass is 10.0. The van der Waals surface area contributed by atoms with Gasteiger partial charge in [-0.1, -0.05) is 12.1 Å². The molecule has 30 heavy (non-hydrogen) atoms. The second-order valence-corrected chi connectivity index (χ2v) is 8.08. The molecule has 2 atom stereocenters. The average Bonchev–Trinajstić information content (AvgIpc) is 3.08. The van der Waals surface area contributed by atoms with Gasteiger partial charge in [-0.25, -0.2) is 0 Å². The second-order valence-electron chi connectivity index (χ2n) is 8.08. The molecular weight excluding hydrogens is 382 g/mol. The Balaban J connectivity index is 1.35. The molecule has 7 nitrogen and oxygen atoms in total. The summed E-state index contributed by atoms with van der Waals surface area (Å²) in [6.45, 7) is 2.70. The lowest BCUT2D eigenvalue weighted by Crippen LogP contribution is -3.11. The molecule has 7 heteroatoms. The molecule has 1 saturated heterocycles. The first kappa shape index (κ1) is 18.9. The number of ether oxygens (including phenoxy) is 2. The summed E-state index contributed by atoms with van der Waals surface area (Å²) in [5.41, 5.74) is 2.64. The minimum absolute atomic E-state index is 0.0199. The van der Waals surface area contributed by atoms with Crippen molar-refractivity contribution in [2.75, 3.05) is 43.1 Å². The van der Waals surface area contributed by atoms with Gasteiger partial charge in [0.1, 0.15) is 12.6 Å². The summed E-state index contributed by atoms with van der Waals surface area (Å²) in [5, 5.41) is 2.84. The molecule has 0 radical (unpaired) electrons. The number of likely N-dealkylation sites (tertiary alicyclic amines) is 1. The molecule has 0 bridgehead atoms. The third-order valence-electron chi connectivity index (χ3n) is 6.11. The highest BCUT2D eigenvalue weighted by Gasteiger charge is 2.35.